The van der Waals surface area contributed by atoms with Crippen LogP contribution in [0.1, 0.15) is 52.1 Å². The molecule has 0 radical (unpaired) electrons. The van der Waals surface area contributed by atoms with E-state index >= 15 is 0 Å². The second-order valence-electron chi connectivity index (χ2n) is 7.09. The van der Waals surface area contributed by atoms with Crippen molar-refractivity contribution in [3.05, 3.63) is 18.2 Å². The van der Waals surface area contributed by atoms with Crippen LogP contribution in [0.15, 0.2) is 12.5 Å². The molecular formula is C17H33N3O2. The van der Waals surface area contributed by atoms with E-state index in [2.05, 4.69) is 16.8 Å². The van der Waals surface area contributed by atoms with Gasteiger partial charge in [-0.05, 0) is 39.2 Å². The lowest BCUT2D eigenvalue weighted by atomic mass is 9.95. The van der Waals surface area contributed by atoms with Crippen molar-refractivity contribution in [1.29, 1.82) is 0 Å². The number of aryl methyl sites for hydroxylation is 1. The van der Waals surface area contributed by atoms with Crippen LogP contribution in [-0.4, -0.2) is 50.0 Å². The van der Waals surface area contributed by atoms with Gasteiger partial charge in [0.2, 0.25) is 0 Å². The van der Waals surface area contributed by atoms with Crippen molar-refractivity contribution in [3.63, 3.8) is 0 Å². The van der Waals surface area contributed by atoms with Crippen molar-refractivity contribution < 1.29 is 10.2 Å². The fourth-order valence-electron chi connectivity index (χ4n) is 2.61. The van der Waals surface area contributed by atoms with Crippen molar-refractivity contribution in [1.82, 2.24) is 14.5 Å². The minimum Gasteiger partial charge on any atom is -0.395 e. The first kappa shape index (κ1) is 19.1. The topological polar surface area (TPSA) is 61.5 Å². The predicted octanol–water partition coefficient (Wildman–Crippen LogP) is 2.18. The SMILES string of the molecule is CC(CCCC(C)(C)O)CCN(CCO)Cc1cncn1C. The fraction of sp³-hybridized carbons (Fsp3) is 0.824. The van der Waals surface area contributed by atoms with Gasteiger partial charge >= 0.3 is 0 Å². The molecule has 1 heterocycles. The summed E-state index contributed by atoms with van der Waals surface area (Å²) in [6.45, 7) is 8.70. The Labute approximate surface area is 135 Å². The Morgan fingerprint density at radius 1 is 1.32 bits per heavy atom. The van der Waals surface area contributed by atoms with E-state index in [9.17, 15) is 10.2 Å². The lowest BCUT2D eigenvalue weighted by Gasteiger charge is -2.24. The van der Waals surface area contributed by atoms with Crippen LogP contribution < -0.4 is 0 Å². The van der Waals surface area contributed by atoms with Crippen LogP contribution in [0.3, 0.4) is 0 Å². The average molecular weight is 311 g/mol. The molecule has 0 aliphatic carbocycles. The van der Waals surface area contributed by atoms with Crippen LogP contribution in [-0.2, 0) is 13.6 Å². The molecule has 1 aromatic heterocycles. The van der Waals surface area contributed by atoms with Crippen LogP contribution in [0.5, 0.6) is 0 Å². The molecule has 0 bridgehead atoms. The molecular weight excluding hydrogens is 278 g/mol. The molecule has 2 N–H and O–H groups in total. The summed E-state index contributed by atoms with van der Waals surface area (Å²) in [7, 11) is 2.00. The number of aliphatic hydroxyl groups is 2. The van der Waals surface area contributed by atoms with Crippen LogP contribution in [0.2, 0.25) is 0 Å². The van der Waals surface area contributed by atoms with E-state index in [-0.39, 0.29) is 6.61 Å². The number of aliphatic hydroxyl groups excluding tert-OH is 1. The summed E-state index contributed by atoms with van der Waals surface area (Å²) >= 11 is 0. The summed E-state index contributed by atoms with van der Waals surface area (Å²) in [6.07, 6.45) is 7.87. The van der Waals surface area contributed by atoms with Gasteiger partial charge in [0.1, 0.15) is 0 Å². The molecule has 1 rings (SSSR count). The summed E-state index contributed by atoms with van der Waals surface area (Å²) in [4.78, 5) is 6.42. The number of rotatable bonds is 11. The third-order valence-electron chi connectivity index (χ3n) is 4.14. The van der Waals surface area contributed by atoms with Gasteiger partial charge in [-0.1, -0.05) is 19.8 Å². The summed E-state index contributed by atoms with van der Waals surface area (Å²) in [5.41, 5.74) is 0.616. The molecule has 0 aliphatic rings. The lowest BCUT2D eigenvalue weighted by Crippen LogP contribution is -2.29. The highest BCUT2D eigenvalue weighted by molar-refractivity contribution is 4.97. The molecule has 1 atom stereocenters. The van der Waals surface area contributed by atoms with E-state index in [0.29, 0.717) is 12.5 Å². The van der Waals surface area contributed by atoms with Gasteiger partial charge in [0.25, 0.3) is 0 Å². The first-order valence-corrected chi connectivity index (χ1v) is 8.32. The Morgan fingerprint density at radius 2 is 2.05 bits per heavy atom. The van der Waals surface area contributed by atoms with E-state index in [1.54, 1.807) is 0 Å². The Kier molecular flexibility index (Phi) is 8.07. The van der Waals surface area contributed by atoms with Gasteiger partial charge in [-0.2, -0.15) is 0 Å². The fourth-order valence-corrected chi connectivity index (χ4v) is 2.61. The summed E-state index contributed by atoms with van der Waals surface area (Å²) < 4.78 is 2.02. The molecule has 0 aliphatic heterocycles. The number of hydrogen-bond acceptors (Lipinski definition) is 4. The normalized spacial score (nSPS) is 13.8. The molecule has 0 spiro atoms. The van der Waals surface area contributed by atoms with E-state index < -0.39 is 5.60 Å². The highest BCUT2D eigenvalue weighted by atomic mass is 16.3. The highest BCUT2D eigenvalue weighted by Crippen LogP contribution is 2.18. The Morgan fingerprint density at radius 3 is 2.59 bits per heavy atom. The standard InChI is InChI=1S/C17H33N3O2/c1-15(6-5-8-17(2,3)22)7-9-20(10-11-21)13-16-12-18-14-19(16)4/h12,14-15,21-22H,5-11,13H2,1-4H3. The highest BCUT2D eigenvalue weighted by Gasteiger charge is 2.14. The van der Waals surface area contributed by atoms with E-state index in [1.165, 1.54) is 5.69 Å². The number of aromatic nitrogens is 2. The zero-order valence-electron chi connectivity index (χ0n) is 14.6. The van der Waals surface area contributed by atoms with Gasteiger partial charge in [-0.25, -0.2) is 4.98 Å². The number of nitrogens with zero attached hydrogens (tertiary/aromatic N) is 3. The maximum Gasteiger partial charge on any atom is 0.0945 e. The Bertz CT molecular complexity index is 412. The van der Waals surface area contributed by atoms with Crippen LogP contribution in [0, 0.1) is 5.92 Å². The van der Waals surface area contributed by atoms with Crippen molar-refractivity contribution in [2.75, 3.05) is 19.7 Å². The smallest absolute Gasteiger partial charge is 0.0945 e. The van der Waals surface area contributed by atoms with Gasteiger partial charge in [-0.3, -0.25) is 4.90 Å². The minimum atomic E-state index is -0.553. The van der Waals surface area contributed by atoms with E-state index in [0.717, 1.165) is 38.8 Å². The molecule has 22 heavy (non-hydrogen) atoms. The maximum absolute atomic E-state index is 9.74. The number of hydrogen-bond donors (Lipinski definition) is 2. The minimum absolute atomic E-state index is 0.185. The molecule has 0 amide bonds. The van der Waals surface area contributed by atoms with Gasteiger partial charge in [0, 0.05) is 26.3 Å². The van der Waals surface area contributed by atoms with Crippen LogP contribution in [0.25, 0.3) is 0 Å². The van der Waals surface area contributed by atoms with Gasteiger partial charge in [-0.15, -0.1) is 0 Å². The molecule has 1 aromatic rings. The van der Waals surface area contributed by atoms with Crippen molar-refractivity contribution in [3.8, 4) is 0 Å². The zero-order valence-corrected chi connectivity index (χ0v) is 14.6. The molecule has 0 saturated carbocycles. The first-order valence-electron chi connectivity index (χ1n) is 8.32. The van der Waals surface area contributed by atoms with Gasteiger partial charge in [0.05, 0.1) is 24.2 Å². The summed E-state index contributed by atoms with van der Waals surface area (Å²) in [5.74, 6) is 0.634. The monoisotopic (exact) mass is 311 g/mol. The number of imidazole rings is 1. The largest absolute Gasteiger partial charge is 0.395 e. The average Bonchev–Trinajstić information content (AvgIpc) is 2.80. The van der Waals surface area contributed by atoms with Crippen molar-refractivity contribution in [2.24, 2.45) is 13.0 Å². The molecule has 0 aromatic carbocycles. The zero-order chi connectivity index (χ0) is 16.6. The molecule has 5 heteroatoms. The van der Waals surface area contributed by atoms with Gasteiger partial charge < -0.3 is 14.8 Å². The van der Waals surface area contributed by atoms with E-state index in [1.807, 2.05) is 38.0 Å². The predicted molar refractivity (Wildman–Crippen MR) is 89.5 cm³/mol. The first-order chi connectivity index (χ1) is 10.3. The quantitative estimate of drug-likeness (QED) is 0.657. The summed E-state index contributed by atoms with van der Waals surface area (Å²) in [5, 5.41) is 19.0. The summed E-state index contributed by atoms with van der Waals surface area (Å²) in [6, 6.07) is 0. The van der Waals surface area contributed by atoms with Crippen molar-refractivity contribution in [2.45, 2.75) is 58.6 Å². The lowest BCUT2D eigenvalue weighted by molar-refractivity contribution is 0.0666. The molecule has 0 saturated heterocycles. The second kappa shape index (κ2) is 9.28. The van der Waals surface area contributed by atoms with Crippen LogP contribution >= 0.6 is 0 Å². The molecule has 128 valence electrons. The van der Waals surface area contributed by atoms with Crippen LogP contribution in [0.4, 0.5) is 0 Å². The van der Waals surface area contributed by atoms with Crippen molar-refractivity contribution >= 4 is 0 Å². The Hall–Kier alpha value is -0.910. The maximum atomic E-state index is 9.74. The molecule has 1 unspecified atom stereocenters. The third kappa shape index (κ3) is 7.92. The third-order valence-corrected chi connectivity index (χ3v) is 4.14. The molecule has 5 nitrogen and oxygen atoms in total. The Balaban J connectivity index is 2.32. The second-order valence-corrected chi connectivity index (χ2v) is 7.09. The molecule has 0 fully saturated rings. The van der Waals surface area contributed by atoms with E-state index in [4.69, 9.17) is 0 Å². The van der Waals surface area contributed by atoms with Gasteiger partial charge in [0.15, 0.2) is 0 Å².